The van der Waals surface area contributed by atoms with Crippen molar-refractivity contribution in [1.82, 2.24) is 0 Å². The first-order valence-corrected chi connectivity index (χ1v) is 7.85. The van der Waals surface area contributed by atoms with Crippen molar-refractivity contribution in [3.63, 3.8) is 0 Å². The Labute approximate surface area is 108 Å². The topological polar surface area (TPSA) is 133 Å². The summed E-state index contributed by atoms with van der Waals surface area (Å²) in [4.78, 5) is -1.28. The van der Waals surface area contributed by atoms with Gasteiger partial charge in [-0.25, -0.2) is 0 Å². The second-order valence-electron chi connectivity index (χ2n) is 3.95. The molecule has 1 aromatic rings. The molecule has 0 saturated carbocycles. The standard InChI is InChI=1S/C10H9NO6S2/c11-7-2-1-6-3-8(18(12,13)14)5-10(9(6)4-7)19(15,16)17/h1,3-5,11H,2H2,(H,12,13,14)(H,15,16,17). The van der Waals surface area contributed by atoms with Crippen LogP contribution in [-0.4, -0.2) is 31.7 Å². The molecule has 1 aliphatic rings. The average molecular weight is 303 g/mol. The van der Waals surface area contributed by atoms with Crippen LogP contribution in [0.25, 0.3) is 12.2 Å². The van der Waals surface area contributed by atoms with Crippen molar-refractivity contribution in [3.05, 3.63) is 22.6 Å². The largest absolute Gasteiger partial charge is 0.305 e. The Balaban J connectivity index is 3.03. The summed E-state index contributed by atoms with van der Waals surface area (Å²) in [5, 5.41) is 7.72. The van der Waals surface area contributed by atoms with Gasteiger partial charge in [-0.2, -0.15) is 16.8 Å². The van der Waals surface area contributed by atoms with Crippen LogP contribution < -0.4 is 10.4 Å². The molecule has 19 heavy (non-hydrogen) atoms. The number of rotatable bonds is 2. The zero-order valence-electron chi connectivity index (χ0n) is 9.36. The summed E-state index contributed by atoms with van der Waals surface area (Å²) in [5.41, 5.74) is 0.122. The zero-order valence-corrected chi connectivity index (χ0v) is 11.0. The molecule has 0 saturated heterocycles. The monoisotopic (exact) mass is 303 g/mol. The molecule has 0 unspecified atom stereocenters. The SMILES string of the molecule is N=C1C=c2c(S(=O)(=O)O)cc(S(=O)(=O)O)cc2=CC1. The number of nitrogens with one attached hydrogen (secondary N) is 1. The normalized spacial score (nSPS) is 15.4. The molecule has 0 atom stereocenters. The lowest BCUT2D eigenvalue weighted by Gasteiger charge is -2.07. The molecule has 0 amide bonds. The van der Waals surface area contributed by atoms with Crippen molar-refractivity contribution >= 4 is 38.1 Å². The highest BCUT2D eigenvalue weighted by Crippen LogP contribution is 2.11. The molecule has 102 valence electrons. The molecule has 0 fully saturated rings. The van der Waals surface area contributed by atoms with Crippen molar-refractivity contribution in [1.29, 1.82) is 5.41 Å². The number of fused-ring (bicyclic) bond motifs is 1. The molecule has 0 bridgehead atoms. The molecule has 0 heterocycles. The highest BCUT2D eigenvalue weighted by atomic mass is 32.2. The summed E-state index contributed by atoms with van der Waals surface area (Å²) in [6, 6.07) is 1.74. The fourth-order valence-electron chi connectivity index (χ4n) is 1.76. The molecule has 0 radical (unpaired) electrons. The Bertz CT molecular complexity index is 896. The minimum Gasteiger partial charge on any atom is -0.305 e. The Morgan fingerprint density at radius 2 is 1.68 bits per heavy atom. The molecule has 9 heteroatoms. The molecule has 3 N–H and O–H groups in total. The van der Waals surface area contributed by atoms with Gasteiger partial charge in [-0.1, -0.05) is 6.08 Å². The van der Waals surface area contributed by atoms with Crippen molar-refractivity contribution in [2.45, 2.75) is 16.2 Å². The molecule has 2 rings (SSSR count). The van der Waals surface area contributed by atoms with E-state index in [2.05, 4.69) is 0 Å². The lowest BCUT2D eigenvalue weighted by molar-refractivity contribution is 0.480. The zero-order chi connectivity index (χ0) is 14.4. The smallest absolute Gasteiger partial charge is 0.295 e. The summed E-state index contributed by atoms with van der Waals surface area (Å²) >= 11 is 0. The van der Waals surface area contributed by atoms with E-state index < -0.39 is 30.0 Å². The third kappa shape index (κ3) is 2.73. The Morgan fingerprint density at radius 1 is 1.05 bits per heavy atom. The summed E-state index contributed by atoms with van der Waals surface area (Å²) in [5.74, 6) is 0. The van der Waals surface area contributed by atoms with E-state index in [-0.39, 0.29) is 22.6 Å². The van der Waals surface area contributed by atoms with Crippen molar-refractivity contribution < 1.29 is 25.9 Å². The Morgan fingerprint density at radius 3 is 2.21 bits per heavy atom. The van der Waals surface area contributed by atoms with E-state index in [0.29, 0.717) is 6.07 Å². The van der Waals surface area contributed by atoms with Crippen LogP contribution in [0.1, 0.15) is 6.42 Å². The maximum atomic E-state index is 11.3. The molecular formula is C10H9NO6S2. The molecule has 0 spiro atoms. The Kier molecular flexibility index (Phi) is 3.09. The van der Waals surface area contributed by atoms with Gasteiger partial charge in [0, 0.05) is 17.4 Å². The molecular weight excluding hydrogens is 294 g/mol. The van der Waals surface area contributed by atoms with E-state index in [1.54, 1.807) is 0 Å². The van der Waals surface area contributed by atoms with Crippen molar-refractivity contribution in [2.75, 3.05) is 0 Å². The maximum Gasteiger partial charge on any atom is 0.295 e. The quantitative estimate of drug-likeness (QED) is 0.610. The van der Waals surface area contributed by atoms with E-state index in [0.717, 1.165) is 6.07 Å². The lowest BCUT2D eigenvalue weighted by Crippen LogP contribution is -2.34. The predicted molar refractivity (Wildman–Crippen MR) is 66.6 cm³/mol. The van der Waals surface area contributed by atoms with Crippen LogP contribution in [0.3, 0.4) is 0 Å². The highest BCUT2D eigenvalue weighted by molar-refractivity contribution is 7.86. The lowest BCUT2D eigenvalue weighted by atomic mass is 10.1. The number of hydrogen-bond donors (Lipinski definition) is 3. The van der Waals surface area contributed by atoms with Crippen LogP contribution >= 0.6 is 0 Å². The minimum absolute atomic E-state index is 0.0335. The molecule has 0 aromatic heterocycles. The van der Waals surface area contributed by atoms with Crippen LogP contribution in [0.2, 0.25) is 0 Å². The average Bonchev–Trinajstić information content (AvgIpc) is 2.24. The van der Waals surface area contributed by atoms with Gasteiger partial charge in [-0.3, -0.25) is 9.11 Å². The molecule has 1 aliphatic carbocycles. The van der Waals surface area contributed by atoms with E-state index in [4.69, 9.17) is 14.5 Å². The van der Waals surface area contributed by atoms with Gasteiger partial charge in [0.15, 0.2) is 0 Å². The summed E-state index contributed by atoms with van der Waals surface area (Å²) < 4.78 is 62.8. The van der Waals surface area contributed by atoms with Crippen LogP contribution in [0.4, 0.5) is 0 Å². The van der Waals surface area contributed by atoms with Crippen molar-refractivity contribution in [2.24, 2.45) is 0 Å². The molecule has 7 nitrogen and oxygen atoms in total. The summed E-state index contributed by atoms with van der Waals surface area (Å²) in [6.07, 6.45) is 2.88. The molecule has 0 aliphatic heterocycles. The van der Waals surface area contributed by atoms with Gasteiger partial charge >= 0.3 is 0 Å². The Hall–Kier alpha value is -1.55. The summed E-state index contributed by atoms with van der Waals surface area (Å²) in [6.45, 7) is 0. The highest BCUT2D eigenvalue weighted by Gasteiger charge is 2.20. The fraction of sp³-hybridized carbons (Fsp3) is 0.100. The van der Waals surface area contributed by atoms with E-state index >= 15 is 0 Å². The van der Waals surface area contributed by atoms with E-state index in [9.17, 15) is 16.8 Å². The van der Waals surface area contributed by atoms with Gasteiger partial charge in [0.25, 0.3) is 20.2 Å². The summed E-state index contributed by atoms with van der Waals surface area (Å²) in [7, 11) is -9.27. The van der Waals surface area contributed by atoms with Gasteiger partial charge in [0.1, 0.15) is 4.90 Å². The van der Waals surface area contributed by atoms with Crippen LogP contribution in [-0.2, 0) is 20.2 Å². The minimum atomic E-state index is -4.67. The first-order valence-electron chi connectivity index (χ1n) is 4.97. The second kappa shape index (κ2) is 4.23. The van der Waals surface area contributed by atoms with Crippen molar-refractivity contribution in [3.8, 4) is 0 Å². The fourth-order valence-corrected chi connectivity index (χ4v) is 3.11. The third-order valence-electron chi connectivity index (χ3n) is 2.58. The van der Waals surface area contributed by atoms with Gasteiger partial charge in [-0.15, -0.1) is 0 Å². The third-order valence-corrected chi connectivity index (χ3v) is 4.31. The van der Waals surface area contributed by atoms with Gasteiger partial charge in [0.05, 0.1) is 4.90 Å². The second-order valence-corrected chi connectivity index (χ2v) is 6.76. The first kappa shape index (κ1) is 13.9. The van der Waals surface area contributed by atoms with Crippen LogP contribution in [0, 0.1) is 5.41 Å². The van der Waals surface area contributed by atoms with E-state index in [1.165, 1.54) is 12.2 Å². The van der Waals surface area contributed by atoms with Gasteiger partial charge < -0.3 is 5.41 Å². The van der Waals surface area contributed by atoms with Crippen LogP contribution in [0.15, 0.2) is 21.9 Å². The predicted octanol–water partition coefficient (Wildman–Crippen LogP) is -0.836. The van der Waals surface area contributed by atoms with Crippen LogP contribution in [0.5, 0.6) is 0 Å². The van der Waals surface area contributed by atoms with E-state index in [1.807, 2.05) is 0 Å². The van der Waals surface area contributed by atoms with Gasteiger partial charge in [-0.05, 0) is 23.4 Å². The number of hydrogen-bond acceptors (Lipinski definition) is 5. The van der Waals surface area contributed by atoms with Gasteiger partial charge in [0.2, 0.25) is 0 Å². The molecule has 1 aromatic carbocycles. The maximum absolute atomic E-state index is 11.3. The number of benzene rings is 1. The first-order chi connectivity index (χ1) is 8.59.